The van der Waals surface area contributed by atoms with Crippen molar-refractivity contribution in [2.45, 2.75) is 57.9 Å². The Hall–Kier alpha value is -5.51. The molecule has 0 fully saturated rings. The van der Waals surface area contributed by atoms with Crippen molar-refractivity contribution >= 4 is 29.4 Å². The molecular formula is C38H39FN2O7. The second kappa shape index (κ2) is 18.0. The molecule has 0 aliphatic rings. The van der Waals surface area contributed by atoms with Crippen LogP contribution >= 0.6 is 0 Å². The van der Waals surface area contributed by atoms with Gasteiger partial charge in [-0.25, -0.2) is 14.0 Å². The van der Waals surface area contributed by atoms with Gasteiger partial charge in [0.25, 0.3) is 5.91 Å². The lowest BCUT2D eigenvalue weighted by Gasteiger charge is -2.15. The first-order valence-electron chi connectivity index (χ1n) is 15.9. The van der Waals surface area contributed by atoms with Gasteiger partial charge < -0.3 is 25.2 Å². The maximum absolute atomic E-state index is 13.4. The number of ether oxygens (including phenoxy) is 2. The first-order valence-corrected chi connectivity index (χ1v) is 15.9. The summed E-state index contributed by atoms with van der Waals surface area (Å²) in [7, 11) is 0. The van der Waals surface area contributed by atoms with Crippen LogP contribution < -0.4 is 20.1 Å². The molecular weight excluding hydrogens is 615 g/mol. The van der Waals surface area contributed by atoms with Gasteiger partial charge in [-0.1, -0.05) is 56.9 Å². The highest BCUT2D eigenvalue weighted by Crippen LogP contribution is 2.19. The number of unbranched alkanes of at least 4 members (excludes halogenated alkanes) is 4. The van der Waals surface area contributed by atoms with Crippen LogP contribution in [0.2, 0.25) is 0 Å². The number of carbonyl (C=O) groups is 4. The summed E-state index contributed by atoms with van der Waals surface area (Å²) in [6.45, 7) is 2.80. The Kier molecular flexibility index (Phi) is 13.2. The fraction of sp³-hybridized carbons (Fsp3) is 0.263. The minimum Gasteiger partial charge on any atom is -0.494 e. The lowest BCUT2D eigenvalue weighted by Crippen LogP contribution is -2.42. The van der Waals surface area contributed by atoms with Crippen LogP contribution in [0, 0.1) is 5.82 Å². The summed E-state index contributed by atoms with van der Waals surface area (Å²) in [5.41, 5.74) is 2.12. The van der Waals surface area contributed by atoms with Crippen molar-refractivity contribution in [1.82, 2.24) is 5.32 Å². The summed E-state index contributed by atoms with van der Waals surface area (Å²) in [6.07, 6.45) is 5.70. The van der Waals surface area contributed by atoms with Crippen molar-refractivity contribution < 1.29 is 38.1 Å². The molecule has 4 aromatic rings. The van der Waals surface area contributed by atoms with E-state index in [1.807, 2.05) is 0 Å². The van der Waals surface area contributed by atoms with Gasteiger partial charge in [0.2, 0.25) is 5.91 Å². The normalized spacial score (nSPS) is 11.3. The third-order valence-corrected chi connectivity index (χ3v) is 7.47. The molecule has 0 saturated carbocycles. The number of hydrogen-bond donors (Lipinski definition) is 3. The van der Waals surface area contributed by atoms with Crippen molar-refractivity contribution in [3.63, 3.8) is 0 Å². The summed E-state index contributed by atoms with van der Waals surface area (Å²) in [4.78, 5) is 49.7. The standard InChI is InChI=1S/C38H39FN2O7/c1-2-3-4-5-6-22-47-32-20-14-29(15-21-32)38(46)48-33-18-10-26(11-19-33)24-34(37(44)45)41-36(43)28-12-16-31(17-13-28)40-35(42)25-27-8-7-9-30(39)23-27/h7-21,23,34H,2-6,22,24-25H2,1H3,(H,40,42)(H,41,43)(H,44,45)/t34-/m0/s1. The monoisotopic (exact) mass is 654 g/mol. The summed E-state index contributed by atoms with van der Waals surface area (Å²) in [6, 6.07) is 23.6. The van der Waals surface area contributed by atoms with Crippen LogP contribution in [0.1, 0.15) is 70.9 Å². The van der Waals surface area contributed by atoms with E-state index < -0.39 is 29.7 Å². The van der Waals surface area contributed by atoms with E-state index >= 15 is 0 Å². The van der Waals surface area contributed by atoms with Gasteiger partial charge >= 0.3 is 11.9 Å². The SMILES string of the molecule is CCCCCCCOc1ccc(C(=O)Oc2ccc(C[C@H](NC(=O)c3ccc(NC(=O)Cc4cccc(F)c4)cc3)C(=O)O)cc2)cc1. The zero-order valence-corrected chi connectivity index (χ0v) is 26.7. The van der Waals surface area contributed by atoms with E-state index in [9.17, 15) is 28.7 Å². The van der Waals surface area contributed by atoms with Gasteiger partial charge in [-0.05, 0) is 90.3 Å². The highest BCUT2D eigenvalue weighted by molar-refractivity contribution is 5.98. The fourth-order valence-electron chi connectivity index (χ4n) is 4.86. The Morgan fingerprint density at radius 1 is 0.771 bits per heavy atom. The zero-order valence-electron chi connectivity index (χ0n) is 26.7. The highest BCUT2D eigenvalue weighted by Gasteiger charge is 2.21. The van der Waals surface area contributed by atoms with Gasteiger partial charge in [-0.3, -0.25) is 9.59 Å². The van der Waals surface area contributed by atoms with Gasteiger partial charge in [0.15, 0.2) is 0 Å². The molecule has 4 aromatic carbocycles. The average Bonchev–Trinajstić information content (AvgIpc) is 3.07. The molecule has 0 unspecified atom stereocenters. The Bertz CT molecular complexity index is 1670. The van der Waals surface area contributed by atoms with E-state index in [0.717, 1.165) is 12.8 Å². The molecule has 1 atom stereocenters. The van der Waals surface area contributed by atoms with E-state index in [1.54, 1.807) is 54.6 Å². The molecule has 250 valence electrons. The topological polar surface area (TPSA) is 131 Å². The summed E-state index contributed by atoms with van der Waals surface area (Å²) in [5.74, 6) is -2.17. The number of rotatable bonds is 17. The highest BCUT2D eigenvalue weighted by atomic mass is 19.1. The molecule has 0 aromatic heterocycles. The molecule has 0 bridgehead atoms. The van der Waals surface area contributed by atoms with Crippen LogP contribution in [0.3, 0.4) is 0 Å². The lowest BCUT2D eigenvalue weighted by atomic mass is 10.0. The van der Waals surface area contributed by atoms with Crippen molar-refractivity contribution in [2.75, 3.05) is 11.9 Å². The number of carboxylic acids is 1. The number of carboxylic acid groups (broad SMARTS) is 1. The molecule has 2 amide bonds. The predicted octanol–water partition coefficient (Wildman–Crippen LogP) is 7.00. The molecule has 48 heavy (non-hydrogen) atoms. The second-order valence-corrected chi connectivity index (χ2v) is 11.3. The van der Waals surface area contributed by atoms with E-state index in [4.69, 9.17) is 9.47 Å². The van der Waals surface area contributed by atoms with E-state index in [-0.39, 0.29) is 30.1 Å². The molecule has 0 aliphatic heterocycles. The van der Waals surface area contributed by atoms with E-state index in [1.165, 1.54) is 61.7 Å². The van der Waals surface area contributed by atoms with Crippen LogP contribution in [0.25, 0.3) is 0 Å². The van der Waals surface area contributed by atoms with Gasteiger partial charge in [0, 0.05) is 17.7 Å². The minimum atomic E-state index is -1.23. The Labute approximate surface area is 279 Å². The number of carbonyl (C=O) groups excluding carboxylic acids is 3. The molecule has 4 rings (SSSR count). The Balaban J connectivity index is 1.24. The molecule has 10 heteroatoms. The summed E-state index contributed by atoms with van der Waals surface area (Å²) >= 11 is 0. The number of esters is 1. The van der Waals surface area contributed by atoms with Gasteiger partial charge in [0.1, 0.15) is 23.4 Å². The van der Waals surface area contributed by atoms with Crippen LogP contribution in [-0.2, 0) is 22.4 Å². The molecule has 0 saturated heterocycles. The average molecular weight is 655 g/mol. The lowest BCUT2D eigenvalue weighted by molar-refractivity contribution is -0.139. The van der Waals surface area contributed by atoms with Crippen molar-refractivity contribution in [3.05, 3.63) is 125 Å². The minimum absolute atomic E-state index is 0.0103. The molecule has 0 spiro atoms. The van der Waals surface area contributed by atoms with E-state index in [0.29, 0.717) is 34.7 Å². The maximum atomic E-state index is 13.4. The first-order chi connectivity index (χ1) is 23.2. The van der Waals surface area contributed by atoms with Crippen molar-refractivity contribution in [2.24, 2.45) is 0 Å². The fourth-order valence-corrected chi connectivity index (χ4v) is 4.86. The van der Waals surface area contributed by atoms with E-state index in [2.05, 4.69) is 17.6 Å². The van der Waals surface area contributed by atoms with Crippen LogP contribution in [0.15, 0.2) is 97.1 Å². The van der Waals surface area contributed by atoms with Gasteiger partial charge in [0.05, 0.1) is 18.6 Å². The summed E-state index contributed by atoms with van der Waals surface area (Å²) in [5, 5.41) is 15.0. The molecule has 0 heterocycles. The van der Waals surface area contributed by atoms with Crippen molar-refractivity contribution in [1.29, 1.82) is 0 Å². The smallest absolute Gasteiger partial charge is 0.343 e. The molecule has 0 aliphatic carbocycles. The quantitative estimate of drug-likeness (QED) is 0.0635. The van der Waals surface area contributed by atoms with Crippen LogP contribution in [0.5, 0.6) is 11.5 Å². The number of amides is 2. The van der Waals surface area contributed by atoms with Crippen LogP contribution in [0.4, 0.5) is 10.1 Å². The van der Waals surface area contributed by atoms with Gasteiger partial charge in [-0.2, -0.15) is 0 Å². The third kappa shape index (κ3) is 11.4. The molecule has 3 N–H and O–H groups in total. The number of nitrogens with one attached hydrogen (secondary N) is 2. The number of aliphatic carboxylic acids is 1. The number of hydrogen-bond acceptors (Lipinski definition) is 6. The number of anilines is 1. The second-order valence-electron chi connectivity index (χ2n) is 11.3. The molecule has 9 nitrogen and oxygen atoms in total. The third-order valence-electron chi connectivity index (χ3n) is 7.47. The predicted molar refractivity (Wildman–Crippen MR) is 180 cm³/mol. The van der Waals surface area contributed by atoms with Gasteiger partial charge in [-0.15, -0.1) is 0 Å². The molecule has 0 radical (unpaired) electrons. The van der Waals surface area contributed by atoms with Crippen LogP contribution in [-0.4, -0.2) is 41.5 Å². The van der Waals surface area contributed by atoms with Crippen molar-refractivity contribution in [3.8, 4) is 11.5 Å². The number of halogens is 1. The Morgan fingerprint density at radius 3 is 2.10 bits per heavy atom. The summed E-state index contributed by atoms with van der Waals surface area (Å²) < 4.78 is 24.6. The largest absolute Gasteiger partial charge is 0.494 e. The Morgan fingerprint density at radius 2 is 1.44 bits per heavy atom. The number of benzene rings is 4. The first kappa shape index (κ1) is 35.3. The maximum Gasteiger partial charge on any atom is 0.343 e. The zero-order chi connectivity index (χ0) is 34.3.